The van der Waals surface area contributed by atoms with Gasteiger partial charge in [0, 0.05) is 31.3 Å². The van der Waals surface area contributed by atoms with Crippen molar-refractivity contribution >= 4 is 5.69 Å². The van der Waals surface area contributed by atoms with Gasteiger partial charge in [0.25, 0.3) is 5.69 Å². The number of non-ortho nitro benzene ring substituents is 1. The highest BCUT2D eigenvalue weighted by atomic mass is 16.6. The number of nitro benzene ring substituents is 1. The van der Waals surface area contributed by atoms with Crippen LogP contribution in [-0.4, -0.2) is 36.0 Å². The van der Waals surface area contributed by atoms with Gasteiger partial charge in [0.05, 0.1) is 4.92 Å². The van der Waals surface area contributed by atoms with Gasteiger partial charge in [0.1, 0.15) is 0 Å². The van der Waals surface area contributed by atoms with Gasteiger partial charge in [0.15, 0.2) is 0 Å². The van der Waals surface area contributed by atoms with Crippen molar-refractivity contribution in [1.82, 2.24) is 10.2 Å². The number of nitro groups is 1. The third-order valence-corrected chi connectivity index (χ3v) is 3.47. The van der Waals surface area contributed by atoms with Crippen LogP contribution >= 0.6 is 0 Å². The van der Waals surface area contributed by atoms with Crippen LogP contribution in [0.5, 0.6) is 0 Å². The van der Waals surface area contributed by atoms with E-state index in [-0.39, 0.29) is 16.7 Å². The van der Waals surface area contributed by atoms with Gasteiger partial charge in [-0.2, -0.15) is 0 Å². The van der Waals surface area contributed by atoms with Crippen molar-refractivity contribution in [3.8, 4) is 0 Å². The molecule has 1 N–H and O–H groups in total. The molecule has 0 aliphatic carbocycles. The Hall–Kier alpha value is -1.46. The fourth-order valence-electron chi connectivity index (χ4n) is 2.19. The molecule has 5 nitrogen and oxygen atoms in total. The Bertz CT molecular complexity index is 406. The summed E-state index contributed by atoms with van der Waals surface area (Å²) in [7, 11) is 0. The second-order valence-corrected chi connectivity index (χ2v) is 4.96. The van der Waals surface area contributed by atoms with Crippen molar-refractivity contribution in [3.05, 3.63) is 39.9 Å². The van der Waals surface area contributed by atoms with E-state index in [1.54, 1.807) is 12.1 Å². The molecule has 5 heteroatoms. The normalized spacial score (nSPS) is 12.6. The number of nitrogens with zero attached hydrogens (tertiary/aromatic N) is 2. The summed E-state index contributed by atoms with van der Waals surface area (Å²) in [6, 6.07) is 6.96. The van der Waals surface area contributed by atoms with Crippen LogP contribution < -0.4 is 5.32 Å². The van der Waals surface area contributed by atoms with Gasteiger partial charge in [-0.25, -0.2) is 0 Å². The zero-order chi connectivity index (χ0) is 15.0. The van der Waals surface area contributed by atoms with E-state index in [0.29, 0.717) is 0 Å². The van der Waals surface area contributed by atoms with Crippen LogP contribution in [0.1, 0.15) is 38.8 Å². The lowest BCUT2D eigenvalue weighted by Crippen LogP contribution is -2.33. The third kappa shape index (κ3) is 5.27. The molecule has 0 aliphatic heterocycles. The van der Waals surface area contributed by atoms with Gasteiger partial charge in [-0.15, -0.1) is 0 Å². The summed E-state index contributed by atoms with van der Waals surface area (Å²) in [6.07, 6.45) is 1.17. The van der Waals surface area contributed by atoms with Crippen molar-refractivity contribution in [1.29, 1.82) is 0 Å². The smallest absolute Gasteiger partial charge is 0.269 e. The maximum Gasteiger partial charge on any atom is 0.269 e. The SMILES string of the molecule is CCCN(CC)CCNC(C)c1ccc([N+](=O)[O-])cc1. The molecule has 0 saturated heterocycles. The zero-order valence-electron chi connectivity index (χ0n) is 12.6. The lowest BCUT2D eigenvalue weighted by molar-refractivity contribution is -0.384. The van der Waals surface area contributed by atoms with Crippen molar-refractivity contribution in [2.45, 2.75) is 33.2 Å². The summed E-state index contributed by atoms with van der Waals surface area (Å²) in [6.45, 7) is 10.6. The summed E-state index contributed by atoms with van der Waals surface area (Å²) in [5, 5.41) is 14.1. The van der Waals surface area contributed by atoms with E-state index < -0.39 is 0 Å². The largest absolute Gasteiger partial charge is 0.309 e. The first-order chi connectivity index (χ1) is 9.58. The predicted octanol–water partition coefficient (Wildman–Crippen LogP) is 2.98. The highest BCUT2D eigenvalue weighted by molar-refractivity contribution is 5.33. The molecule has 0 amide bonds. The zero-order valence-corrected chi connectivity index (χ0v) is 12.6. The molecule has 0 fully saturated rings. The lowest BCUT2D eigenvalue weighted by Gasteiger charge is -2.21. The van der Waals surface area contributed by atoms with E-state index in [0.717, 1.165) is 31.7 Å². The molecule has 1 aromatic carbocycles. The van der Waals surface area contributed by atoms with Gasteiger partial charge in [-0.1, -0.05) is 26.0 Å². The molecule has 0 bridgehead atoms. The fourth-order valence-corrected chi connectivity index (χ4v) is 2.19. The molecule has 0 saturated carbocycles. The molecule has 112 valence electrons. The van der Waals surface area contributed by atoms with Crippen LogP contribution in [-0.2, 0) is 0 Å². The van der Waals surface area contributed by atoms with Crippen molar-refractivity contribution in [3.63, 3.8) is 0 Å². The molecule has 20 heavy (non-hydrogen) atoms. The Balaban J connectivity index is 2.42. The van der Waals surface area contributed by atoms with Crippen LogP contribution in [0.3, 0.4) is 0 Å². The molecule has 1 aromatic rings. The molecule has 0 aliphatic rings. The Morgan fingerprint density at radius 3 is 2.40 bits per heavy atom. The number of hydrogen-bond acceptors (Lipinski definition) is 4. The molecule has 0 heterocycles. The molecule has 1 atom stereocenters. The monoisotopic (exact) mass is 279 g/mol. The number of rotatable bonds is 9. The first-order valence-corrected chi connectivity index (χ1v) is 7.28. The minimum Gasteiger partial charge on any atom is -0.309 e. The average Bonchev–Trinajstić information content (AvgIpc) is 2.46. The van der Waals surface area contributed by atoms with Gasteiger partial charge in [-0.3, -0.25) is 10.1 Å². The van der Waals surface area contributed by atoms with Gasteiger partial charge < -0.3 is 10.2 Å². The highest BCUT2D eigenvalue weighted by Crippen LogP contribution is 2.17. The van der Waals surface area contributed by atoms with E-state index in [9.17, 15) is 10.1 Å². The van der Waals surface area contributed by atoms with E-state index in [4.69, 9.17) is 0 Å². The molecular weight excluding hydrogens is 254 g/mol. The standard InChI is InChI=1S/C15H25N3O2/c1-4-11-17(5-2)12-10-16-13(3)14-6-8-15(9-7-14)18(19)20/h6-9,13,16H,4-5,10-12H2,1-3H3. The summed E-state index contributed by atoms with van der Waals surface area (Å²) < 4.78 is 0. The van der Waals surface area contributed by atoms with Crippen LogP contribution in [0.4, 0.5) is 5.69 Å². The van der Waals surface area contributed by atoms with Crippen LogP contribution in [0.2, 0.25) is 0 Å². The second kappa shape index (κ2) is 8.66. The molecular formula is C15H25N3O2. The molecule has 0 aromatic heterocycles. The Labute approximate surface area is 121 Å². The fraction of sp³-hybridized carbons (Fsp3) is 0.600. The Kier molecular flexibility index (Phi) is 7.18. The summed E-state index contributed by atoms with van der Waals surface area (Å²) >= 11 is 0. The quantitative estimate of drug-likeness (QED) is 0.557. The van der Waals surface area contributed by atoms with Crippen molar-refractivity contribution in [2.24, 2.45) is 0 Å². The molecule has 0 spiro atoms. The topological polar surface area (TPSA) is 58.4 Å². The van der Waals surface area contributed by atoms with Crippen LogP contribution in [0, 0.1) is 10.1 Å². The minimum atomic E-state index is -0.369. The number of likely N-dealkylation sites (N-methyl/N-ethyl adjacent to an activating group) is 1. The van der Waals surface area contributed by atoms with E-state index in [2.05, 4.69) is 31.0 Å². The van der Waals surface area contributed by atoms with Gasteiger partial charge >= 0.3 is 0 Å². The maximum absolute atomic E-state index is 10.6. The summed E-state index contributed by atoms with van der Waals surface area (Å²) in [4.78, 5) is 12.7. The summed E-state index contributed by atoms with van der Waals surface area (Å²) in [5.74, 6) is 0. The van der Waals surface area contributed by atoms with Crippen molar-refractivity contribution in [2.75, 3.05) is 26.2 Å². The van der Waals surface area contributed by atoms with E-state index in [1.165, 1.54) is 6.42 Å². The average molecular weight is 279 g/mol. The maximum atomic E-state index is 10.6. The summed E-state index contributed by atoms with van der Waals surface area (Å²) in [5.41, 5.74) is 1.22. The minimum absolute atomic E-state index is 0.140. The van der Waals surface area contributed by atoms with Gasteiger partial charge in [0.2, 0.25) is 0 Å². The molecule has 0 radical (unpaired) electrons. The lowest BCUT2D eigenvalue weighted by atomic mass is 10.1. The van der Waals surface area contributed by atoms with Crippen LogP contribution in [0.15, 0.2) is 24.3 Å². The Morgan fingerprint density at radius 1 is 1.25 bits per heavy atom. The first-order valence-electron chi connectivity index (χ1n) is 7.28. The van der Waals surface area contributed by atoms with E-state index in [1.807, 2.05) is 12.1 Å². The highest BCUT2D eigenvalue weighted by Gasteiger charge is 2.09. The molecule has 1 unspecified atom stereocenters. The number of hydrogen-bond donors (Lipinski definition) is 1. The van der Waals surface area contributed by atoms with Crippen LogP contribution in [0.25, 0.3) is 0 Å². The van der Waals surface area contributed by atoms with Gasteiger partial charge in [-0.05, 0) is 32.0 Å². The Morgan fingerprint density at radius 2 is 1.90 bits per heavy atom. The number of benzene rings is 1. The third-order valence-electron chi connectivity index (χ3n) is 3.47. The van der Waals surface area contributed by atoms with Crippen molar-refractivity contribution < 1.29 is 4.92 Å². The van der Waals surface area contributed by atoms with E-state index >= 15 is 0 Å². The first kappa shape index (κ1) is 16.6. The number of nitrogens with one attached hydrogen (secondary N) is 1. The second-order valence-electron chi connectivity index (χ2n) is 4.96. The molecule has 1 rings (SSSR count). The predicted molar refractivity (Wildman–Crippen MR) is 81.9 cm³/mol.